The van der Waals surface area contributed by atoms with Crippen LogP contribution in [0.3, 0.4) is 0 Å². The van der Waals surface area contributed by atoms with Crippen molar-refractivity contribution in [2.24, 2.45) is 0 Å². The lowest BCUT2D eigenvalue weighted by atomic mass is 10.1. The second-order valence-electron chi connectivity index (χ2n) is 4.74. The van der Waals surface area contributed by atoms with E-state index in [1.807, 2.05) is 0 Å². The number of amides is 1. The Morgan fingerprint density at radius 2 is 1.71 bits per heavy atom. The van der Waals surface area contributed by atoms with Crippen LogP contribution in [0, 0.1) is 0 Å². The van der Waals surface area contributed by atoms with Gasteiger partial charge in [0.05, 0.1) is 6.61 Å². The first kappa shape index (κ1) is 22.0. The van der Waals surface area contributed by atoms with Gasteiger partial charge in [-0.15, -0.1) is 0 Å². The van der Waals surface area contributed by atoms with Gasteiger partial charge in [-0.25, -0.2) is 14.4 Å². The summed E-state index contributed by atoms with van der Waals surface area (Å²) in [4.78, 5) is 33.4. The molecule has 1 unspecified atom stereocenters. The predicted molar refractivity (Wildman–Crippen MR) is 92.3 cm³/mol. The van der Waals surface area contributed by atoms with Crippen molar-refractivity contribution in [3.63, 3.8) is 0 Å². The molecule has 0 saturated carbocycles. The highest BCUT2D eigenvalue weighted by Crippen LogP contribution is 2.10. The van der Waals surface area contributed by atoms with Crippen molar-refractivity contribution in [2.45, 2.75) is 38.2 Å². The van der Waals surface area contributed by atoms with Gasteiger partial charge in [-0.1, -0.05) is 37.9 Å². The minimum absolute atomic E-state index is 0.0115. The average Bonchev–Trinajstić information content (AvgIpc) is 2.58. The molecular weight excluding hydrogens is 334 g/mol. The van der Waals surface area contributed by atoms with Gasteiger partial charge < -0.3 is 14.2 Å². The first-order valence-electron chi connectivity index (χ1n) is 7.61. The zero-order valence-electron chi connectivity index (χ0n) is 14.0. The third-order valence-corrected chi connectivity index (χ3v) is 3.24. The van der Waals surface area contributed by atoms with Gasteiger partial charge in [-0.3, -0.25) is 4.72 Å². The van der Waals surface area contributed by atoms with Gasteiger partial charge in [-0.05, 0) is 19.3 Å². The van der Waals surface area contributed by atoms with Crippen molar-refractivity contribution < 1.29 is 28.6 Å². The molecule has 0 fully saturated rings. The summed E-state index contributed by atoms with van der Waals surface area (Å²) < 4.78 is 17.4. The smallest absolute Gasteiger partial charge is 0.417 e. The number of ether oxygens (including phenoxy) is 3. The Labute approximate surface area is 146 Å². The Balaban J connectivity index is 3.89. The van der Waals surface area contributed by atoms with Crippen LogP contribution in [0.15, 0.2) is 25.3 Å². The van der Waals surface area contributed by atoms with E-state index in [-0.39, 0.29) is 6.61 Å². The van der Waals surface area contributed by atoms with Gasteiger partial charge in [0.2, 0.25) is 0 Å². The zero-order valence-corrected chi connectivity index (χ0v) is 14.8. The quantitative estimate of drug-likeness (QED) is 0.178. The van der Waals surface area contributed by atoms with Crippen LogP contribution in [0.25, 0.3) is 0 Å². The highest BCUT2D eigenvalue weighted by molar-refractivity contribution is 7.97. The molecule has 8 heteroatoms. The van der Waals surface area contributed by atoms with E-state index >= 15 is 0 Å². The Kier molecular flexibility index (Phi) is 13.4. The summed E-state index contributed by atoms with van der Waals surface area (Å²) in [6.07, 6.45) is 6.78. The SMILES string of the molecule is C=CC(=O)OCC(CCCCCCOC(=O)NSC)OC(=O)C=C. The summed E-state index contributed by atoms with van der Waals surface area (Å²) in [7, 11) is 0. The molecule has 24 heavy (non-hydrogen) atoms. The molecule has 136 valence electrons. The number of carbonyl (C=O) groups is 3. The van der Waals surface area contributed by atoms with Crippen LogP contribution >= 0.6 is 11.9 Å². The van der Waals surface area contributed by atoms with Gasteiger partial charge >= 0.3 is 18.0 Å². The lowest BCUT2D eigenvalue weighted by Gasteiger charge is -2.16. The van der Waals surface area contributed by atoms with Crippen molar-refractivity contribution in [3.8, 4) is 0 Å². The molecule has 0 aromatic heterocycles. The maximum atomic E-state index is 11.3. The molecule has 1 N–H and O–H groups in total. The second kappa shape index (κ2) is 14.6. The molecule has 0 aliphatic carbocycles. The van der Waals surface area contributed by atoms with E-state index in [0.717, 1.165) is 37.8 Å². The van der Waals surface area contributed by atoms with Gasteiger partial charge in [0.15, 0.2) is 0 Å². The van der Waals surface area contributed by atoms with Crippen LogP contribution in [0.4, 0.5) is 4.79 Å². The van der Waals surface area contributed by atoms with Crippen molar-refractivity contribution in [1.29, 1.82) is 0 Å². The van der Waals surface area contributed by atoms with E-state index < -0.39 is 24.1 Å². The van der Waals surface area contributed by atoms with Crippen LogP contribution in [0.2, 0.25) is 0 Å². The molecule has 0 spiro atoms. The molecule has 0 radical (unpaired) electrons. The molecule has 0 rings (SSSR count). The van der Waals surface area contributed by atoms with Gasteiger partial charge in [0.25, 0.3) is 0 Å². The fourth-order valence-corrected chi connectivity index (χ4v) is 1.95. The highest BCUT2D eigenvalue weighted by atomic mass is 32.2. The van der Waals surface area contributed by atoms with E-state index in [0.29, 0.717) is 13.0 Å². The number of rotatable bonds is 13. The Morgan fingerprint density at radius 1 is 1.04 bits per heavy atom. The molecule has 1 atom stereocenters. The molecule has 0 aromatic carbocycles. The molecule has 7 nitrogen and oxygen atoms in total. The highest BCUT2D eigenvalue weighted by Gasteiger charge is 2.14. The summed E-state index contributed by atoms with van der Waals surface area (Å²) in [5, 5.41) is 0. The Morgan fingerprint density at radius 3 is 2.33 bits per heavy atom. The molecule has 1 amide bonds. The van der Waals surface area contributed by atoms with Crippen LogP contribution in [-0.2, 0) is 23.8 Å². The lowest BCUT2D eigenvalue weighted by molar-refractivity contribution is -0.153. The first-order chi connectivity index (χ1) is 11.5. The normalized spacial score (nSPS) is 11.0. The van der Waals surface area contributed by atoms with Gasteiger partial charge in [-0.2, -0.15) is 0 Å². The number of hydrogen-bond donors (Lipinski definition) is 1. The summed E-state index contributed by atoms with van der Waals surface area (Å²) >= 11 is 1.18. The topological polar surface area (TPSA) is 90.9 Å². The van der Waals surface area contributed by atoms with Crippen molar-refractivity contribution >= 4 is 30.0 Å². The molecular formula is C16H25NO6S. The zero-order chi connectivity index (χ0) is 18.2. The minimum Gasteiger partial charge on any atom is -0.459 e. The molecule has 0 bridgehead atoms. The van der Waals surface area contributed by atoms with E-state index in [2.05, 4.69) is 17.9 Å². The summed E-state index contributed by atoms with van der Waals surface area (Å²) in [6, 6.07) is 0. The van der Waals surface area contributed by atoms with Crippen molar-refractivity contribution in [1.82, 2.24) is 4.72 Å². The molecule has 0 aliphatic rings. The fourth-order valence-electron chi connectivity index (χ4n) is 1.73. The Hall–Kier alpha value is -1.96. The average molecular weight is 359 g/mol. The number of nitrogens with one attached hydrogen (secondary N) is 1. The number of hydrogen-bond acceptors (Lipinski definition) is 7. The molecule has 0 aromatic rings. The number of unbranched alkanes of at least 4 members (excludes halogenated alkanes) is 3. The molecule has 0 aliphatic heterocycles. The summed E-state index contributed by atoms with van der Waals surface area (Å²) in [5.74, 6) is -1.11. The monoisotopic (exact) mass is 359 g/mol. The summed E-state index contributed by atoms with van der Waals surface area (Å²) in [5.41, 5.74) is 0. The van der Waals surface area contributed by atoms with E-state index in [9.17, 15) is 14.4 Å². The van der Waals surface area contributed by atoms with Crippen LogP contribution < -0.4 is 4.72 Å². The van der Waals surface area contributed by atoms with Crippen LogP contribution in [-0.4, -0.2) is 43.6 Å². The second-order valence-corrected chi connectivity index (χ2v) is 5.35. The van der Waals surface area contributed by atoms with Gasteiger partial charge in [0, 0.05) is 18.4 Å². The first-order valence-corrected chi connectivity index (χ1v) is 8.84. The van der Waals surface area contributed by atoms with Crippen molar-refractivity contribution in [3.05, 3.63) is 25.3 Å². The minimum atomic E-state index is -0.560. The predicted octanol–water partition coefficient (Wildman–Crippen LogP) is 2.77. The molecule has 0 heterocycles. The Bertz CT molecular complexity index is 427. The van der Waals surface area contributed by atoms with Crippen molar-refractivity contribution in [2.75, 3.05) is 19.5 Å². The number of esters is 2. The number of carbonyl (C=O) groups excluding carboxylic acids is 3. The van der Waals surface area contributed by atoms with E-state index in [4.69, 9.17) is 14.2 Å². The maximum absolute atomic E-state index is 11.3. The third kappa shape index (κ3) is 12.6. The largest absolute Gasteiger partial charge is 0.459 e. The third-order valence-electron chi connectivity index (χ3n) is 2.87. The van der Waals surface area contributed by atoms with E-state index in [1.54, 1.807) is 6.26 Å². The maximum Gasteiger partial charge on any atom is 0.417 e. The van der Waals surface area contributed by atoms with Crippen LogP contribution in [0.1, 0.15) is 32.1 Å². The lowest BCUT2D eigenvalue weighted by Crippen LogP contribution is -2.24. The summed E-state index contributed by atoms with van der Waals surface area (Å²) in [6.45, 7) is 6.99. The van der Waals surface area contributed by atoms with Crippen LogP contribution in [0.5, 0.6) is 0 Å². The standard InChI is InChI=1S/C16H25NO6S/c1-4-14(18)22-12-13(23-15(19)5-2)10-8-6-7-9-11-21-16(20)17-24-3/h4-5,13H,1-2,6-12H2,3H3,(H,17,20). The van der Waals surface area contributed by atoms with E-state index in [1.165, 1.54) is 11.9 Å². The molecule has 0 saturated heterocycles. The van der Waals surface area contributed by atoms with Gasteiger partial charge in [0.1, 0.15) is 12.7 Å². The fraction of sp³-hybridized carbons (Fsp3) is 0.562.